The minimum absolute atomic E-state index is 0.0983. The molecule has 116 valence electrons. The second-order valence-electron chi connectivity index (χ2n) is 6.05. The Morgan fingerprint density at radius 1 is 1.29 bits per heavy atom. The number of ether oxygens (including phenoxy) is 1. The van der Waals surface area contributed by atoms with Crippen LogP contribution in [0.25, 0.3) is 0 Å². The molecule has 3 rings (SSSR count). The van der Waals surface area contributed by atoms with Gasteiger partial charge in [0.1, 0.15) is 11.5 Å². The molecule has 0 spiro atoms. The van der Waals surface area contributed by atoms with Crippen molar-refractivity contribution in [1.29, 1.82) is 0 Å². The Kier molecular flexibility index (Phi) is 4.31. The number of carbonyl (C=O) groups excluding carboxylic acids is 1. The highest BCUT2D eigenvalue weighted by atomic mass is 16.5. The number of aryl methyl sites for hydroxylation is 2. The van der Waals surface area contributed by atoms with E-state index in [1.807, 2.05) is 24.8 Å². The van der Waals surface area contributed by atoms with Crippen LogP contribution in [0.1, 0.15) is 34.7 Å². The van der Waals surface area contributed by atoms with Crippen LogP contribution < -0.4 is 0 Å². The van der Waals surface area contributed by atoms with E-state index in [0.29, 0.717) is 11.7 Å². The molecule has 2 fully saturated rings. The first-order chi connectivity index (χ1) is 10.1. The van der Waals surface area contributed by atoms with Crippen LogP contribution in [-0.2, 0) is 4.74 Å². The van der Waals surface area contributed by atoms with E-state index >= 15 is 0 Å². The van der Waals surface area contributed by atoms with Crippen LogP contribution in [0.5, 0.6) is 0 Å². The molecule has 2 aliphatic heterocycles. The summed E-state index contributed by atoms with van der Waals surface area (Å²) in [5.41, 5.74) is 0.708. The molecule has 5 heteroatoms. The molecule has 0 aromatic carbocycles. The van der Waals surface area contributed by atoms with Crippen LogP contribution >= 0.6 is 0 Å². The molecular weight excluding hydrogens is 268 g/mol. The van der Waals surface area contributed by atoms with Gasteiger partial charge in [-0.2, -0.15) is 0 Å². The van der Waals surface area contributed by atoms with Crippen LogP contribution in [0.3, 0.4) is 0 Å². The van der Waals surface area contributed by atoms with Gasteiger partial charge < -0.3 is 14.1 Å². The molecule has 1 atom stereocenters. The minimum Gasteiger partial charge on any atom is -0.466 e. The van der Waals surface area contributed by atoms with Gasteiger partial charge in [0.2, 0.25) is 0 Å². The Labute approximate surface area is 125 Å². The molecule has 0 aliphatic carbocycles. The fraction of sp³-hybridized carbons (Fsp3) is 0.688. The number of rotatable bonds is 3. The quantitative estimate of drug-likeness (QED) is 0.853. The molecule has 1 aromatic rings. The van der Waals surface area contributed by atoms with E-state index in [-0.39, 0.29) is 5.91 Å². The summed E-state index contributed by atoms with van der Waals surface area (Å²) < 4.78 is 11.1. The summed E-state index contributed by atoms with van der Waals surface area (Å²) in [6, 6.07) is 1.84. The fourth-order valence-corrected chi connectivity index (χ4v) is 3.22. The fourth-order valence-electron chi connectivity index (χ4n) is 3.22. The number of carbonyl (C=O) groups is 1. The summed E-state index contributed by atoms with van der Waals surface area (Å²) in [6.45, 7) is 9.08. The summed E-state index contributed by atoms with van der Waals surface area (Å²) in [4.78, 5) is 16.9. The highest BCUT2D eigenvalue weighted by Crippen LogP contribution is 2.18. The Balaban J connectivity index is 1.53. The zero-order valence-electron chi connectivity index (χ0n) is 12.9. The van der Waals surface area contributed by atoms with Gasteiger partial charge in [-0.15, -0.1) is 0 Å². The third kappa shape index (κ3) is 3.30. The van der Waals surface area contributed by atoms with Crippen molar-refractivity contribution >= 4 is 5.91 Å². The van der Waals surface area contributed by atoms with Crippen molar-refractivity contribution in [2.45, 2.75) is 32.8 Å². The zero-order chi connectivity index (χ0) is 14.8. The predicted molar refractivity (Wildman–Crippen MR) is 79.5 cm³/mol. The van der Waals surface area contributed by atoms with Gasteiger partial charge in [0.25, 0.3) is 5.91 Å². The SMILES string of the molecule is Cc1cc(C(=O)N2CCN(CC3CCCO3)CC2)c(C)o1. The lowest BCUT2D eigenvalue weighted by Gasteiger charge is -2.35. The molecule has 0 N–H and O–H groups in total. The third-order valence-electron chi connectivity index (χ3n) is 4.42. The Morgan fingerprint density at radius 3 is 2.62 bits per heavy atom. The molecule has 2 aliphatic rings. The Bertz CT molecular complexity index is 498. The van der Waals surface area contributed by atoms with Crippen molar-refractivity contribution in [1.82, 2.24) is 9.80 Å². The lowest BCUT2D eigenvalue weighted by molar-refractivity contribution is 0.0432. The van der Waals surface area contributed by atoms with Crippen LogP contribution in [-0.4, -0.2) is 61.1 Å². The first-order valence-corrected chi connectivity index (χ1v) is 7.84. The zero-order valence-corrected chi connectivity index (χ0v) is 12.9. The van der Waals surface area contributed by atoms with Crippen molar-refractivity contribution < 1.29 is 13.9 Å². The number of furan rings is 1. The van der Waals surface area contributed by atoms with Crippen molar-refractivity contribution in [2.75, 3.05) is 39.3 Å². The average Bonchev–Trinajstić information content (AvgIpc) is 3.08. The minimum atomic E-state index is 0.0983. The molecule has 1 amide bonds. The predicted octanol–water partition coefficient (Wildman–Crippen LogP) is 1.83. The van der Waals surface area contributed by atoms with Gasteiger partial charge in [-0.25, -0.2) is 0 Å². The van der Waals surface area contributed by atoms with Crippen molar-refractivity contribution in [3.05, 3.63) is 23.2 Å². The van der Waals surface area contributed by atoms with Gasteiger partial charge in [0, 0.05) is 39.3 Å². The van der Waals surface area contributed by atoms with Crippen molar-refractivity contribution in [3.8, 4) is 0 Å². The molecule has 0 bridgehead atoms. The van der Waals surface area contributed by atoms with Crippen LogP contribution in [0.2, 0.25) is 0 Å². The normalized spacial score (nSPS) is 23.7. The maximum Gasteiger partial charge on any atom is 0.257 e. The van der Waals surface area contributed by atoms with Gasteiger partial charge in [-0.1, -0.05) is 0 Å². The van der Waals surface area contributed by atoms with Crippen LogP contribution in [0, 0.1) is 13.8 Å². The summed E-state index contributed by atoms with van der Waals surface area (Å²) in [5.74, 6) is 1.62. The van der Waals surface area contributed by atoms with Gasteiger partial charge in [-0.05, 0) is 32.8 Å². The largest absolute Gasteiger partial charge is 0.466 e. The summed E-state index contributed by atoms with van der Waals surface area (Å²) in [5, 5.41) is 0. The standard InChI is InChI=1S/C16H24N2O3/c1-12-10-15(13(2)21-12)16(19)18-7-5-17(6-8-18)11-14-4-3-9-20-14/h10,14H,3-9,11H2,1-2H3. The number of amides is 1. The number of piperazine rings is 1. The number of hydrogen-bond acceptors (Lipinski definition) is 4. The smallest absolute Gasteiger partial charge is 0.257 e. The topological polar surface area (TPSA) is 45.9 Å². The molecule has 5 nitrogen and oxygen atoms in total. The Hall–Kier alpha value is -1.33. The van der Waals surface area contributed by atoms with E-state index in [0.717, 1.165) is 50.9 Å². The second-order valence-corrected chi connectivity index (χ2v) is 6.05. The highest BCUT2D eigenvalue weighted by Gasteiger charge is 2.26. The first-order valence-electron chi connectivity index (χ1n) is 7.84. The molecule has 2 saturated heterocycles. The van der Waals surface area contributed by atoms with E-state index in [1.54, 1.807) is 0 Å². The third-order valence-corrected chi connectivity index (χ3v) is 4.42. The molecule has 3 heterocycles. The van der Waals surface area contributed by atoms with Gasteiger partial charge in [-0.3, -0.25) is 9.69 Å². The molecule has 0 radical (unpaired) electrons. The molecule has 1 aromatic heterocycles. The molecule has 0 saturated carbocycles. The molecule has 21 heavy (non-hydrogen) atoms. The van der Waals surface area contributed by atoms with Crippen molar-refractivity contribution in [2.24, 2.45) is 0 Å². The van der Waals surface area contributed by atoms with Crippen LogP contribution in [0.4, 0.5) is 0 Å². The van der Waals surface area contributed by atoms with E-state index < -0.39 is 0 Å². The maximum atomic E-state index is 12.5. The summed E-state index contributed by atoms with van der Waals surface area (Å²) in [7, 11) is 0. The lowest BCUT2D eigenvalue weighted by Crippen LogP contribution is -2.50. The van der Waals surface area contributed by atoms with E-state index in [1.165, 1.54) is 12.8 Å². The van der Waals surface area contributed by atoms with E-state index in [4.69, 9.17) is 9.15 Å². The number of nitrogens with zero attached hydrogens (tertiary/aromatic N) is 2. The molecular formula is C16H24N2O3. The highest BCUT2D eigenvalue weighted by molar-refractivity contribution is 5.95. The van der Waals surface area contributed by atoms with E-state index in [2.05, 4.69) is 4.90 Å². The molecule has 1 unspecified atom stereocenters. The summed E-state index contributed by atoms with van der Waals surface area (Å²) >= 11 is 0. The summed E-state index contributed by atoms with van der Waals surface area (Å²) in [6.07, 6.45) is 2.75. The Morgan fingerprint density at radius 2 is 2.05 bits per heavy atom. The van der Waals surface area contributed by atoms with Gasteiger partial charge in [0.05, 0.1) is 11.7 Å². The first kappa shape index (κ1) is 14.6. The average molecular weight is 292 g/mol. The van der Waals surface area contributed by atoms with Crippen LogP contribution in [0.15, 0.2) is 10.5 Å². The van der Waals surface area contributed by atoms with E-state index in [9.17, 15) is 4.79 Å². The monoisotopic (exact) mass is 292 g/mol. The second kappa shape index (κ2) is 6.20. The van der Waals surface area contributed by atoms with Crippen molar-refractivity contribution in [3.63, 3.8) is 0 Å². The van der Waals surface area contributed by atoms with Gasteiger partial charge >= 0.3 is 0 Å². The maximum absolute atomic E-state index is 12.5. The lowest BCUT2D eigenvalue weighted by atomic mass is 10.2. The number of hydrogen-bond donors (Lipinski definition) is 0. The van der Waals surface area contributed by atoms with Gasteiger partial charge in [0.15, 0.2) is 0 Å².